The zero-order chi connectivity index (χ0) is 14.4. The lowest BCUT2D eigenvalue weighted by atomic mass is 10.1. The lowest BCUT2D eigenvalue weighted by Gasteiger charge is -2.02. The quantitative estimate of drug-likeness (QED) is 0.846. The summed E-state index contributed by atoms with van der Waals surface area (Å²) in [5, 5.41) is 2.76. The van der Waals surface area contributed by atoms with Gasteiger partial charge in [0.2, 0.25) is 5.91 Å². The van der Waals surface area contributed by atoms with Gasteiger partial charge in [-0.25, -0.2) is 4.39 Å². The Balaban J connectivity index is 1.88. The molecule has 0 atom stereocenters. The number of carbonyl (C=O) groups excluding carboxylic acids is 1. The number of benzene rings is 2. The van der Waals surface area contributed by atoms with Crippen LogP contribution in [0, 0.1) is 12.7 Å². The molecule has 20 heavy (non-hydrogen) atoms. The van der Waals surface area contributed by atoms with Gasteiger partial charge in [-0.1, -0.05) is 42.0 Å². The predicted molar refractivity (Wildman–Crippen MR) is 78.5 cm³/mol. The van der Waals surface area contributed by atoms with Gasteiger partial charge in [0.15, 0.2) is 0 Å². The highest BCUT2D eigenvalue weighted by Crippen LogP contribution is 2.06. The minimum Gasteiger partial charge on any atom is -0.348 e. The highest BCUT2D eigenvalue weighted by atomic mass is 19.1. The van der Waals surface area contributed by atoms with E-state index in [1.165, 1.54) is 18.2 Å². The van der Waals surface area contributed by atoms with E-state index in [9.17, 15) is 9.18 Å². The van der Waals surface area contributed by atoms with Crippen molar-refractivity contribution < 1.29 is 9.18 Å². The van der Waals surface area contributed by atoms with Crippen LogP contribution in [0.3, 0.4) is 0 Å². The number of amides is 1. The first-order chi connectivity index (χ1) is 9.63. The highest BCUT2D eigenvalue weighted by molar-refractivity contribution is 5.91. The number of aryl methyl sites for hydroxylation is 1. The summed E-state index contributed by atoms with van der Waals surface area (Å²) in [6, 6.07) is 14.0. The zero-order valence-electron chi connectivity index (χ0n) is 11.3. The van der Waals surface area contributed by atoms with Gasteiger partial charge < -0.3 is 5.32 Å². The number of halogens is 1. The van der Waals surface area contributed by atoms with Gasteiger partial charge in [0.1, 0.15) is 5.82 Å². The van der Waals surface area contributed by atoms with E-state index in [1.807, 2.05) is 31.2 Å². The second-order valence-corrected chi connectivity index (χ2v) is 4.59. The SMILES string of the molecule is Cc1cccc(/C=C/C(=O)NCc2ccc(F)cc2)c1. The minimum atomic E-state index is -0.278. The van der Waals surface area contributed by atoms with Crippen molar-refractivity contribution in [2.75, 3.05) is 0 Å². The molecule has 0 bridgehead atoms. The zero-order valence-corrected chi connectivity index (χ0v) is 11.3. The van der Waals surface area contributed by atoms with E-state index in [1.54, 1.807) is 18.2 Å². The fourth-order valence-electron chi connectivity index (χ4n) is 1.80. The molecule has 0 fully saturated rings. The summed E-state index contributed by atoms with van der Waals surface area (Å²) in [4.78, 5) is 11.7. The smallest absolute Gasteiger partial charge is 0.244 e. The Kier molecular flexibility index (Phi) is 4.66. The van der Waals surface area contributed by atoms with E-state index in [0.29, 0.717) is 6.54 Å². The van der Waals surface area contributed by atoms with Gasteiger partial charge >= 0.3 is 0 Å². The number of nitrogens with one attached hydrogen (secondary N) is 1. The molecule has 0 unspecified atom stereocenters. The van der Waals surface area contributed by atoms with Crippen molar-refractivity contribution in [3.8, 4) is 0 Å². The summed E-state index contributed by atoms with van der Waals surface area (Å²) in [6.07, 6.45) is 3.27. The van der Waals surface area contributed by atoms with Crippen LogP contribution in [0.25, 0.3) is 6.08 Å². The van der Waals surface area contributed by atoms with Crippen LogP contribution in [0.5, 0.6) is 0 Å². The van der Waals surface area contributed by atoms with Crippen molar-refractivity contribution >= 4 is 12.0 Å². The summed E-state index contributed by atoms with van der Waals surface area (Å²) in [7, 11) is 0. The van der Waals surface area contributed by atoms with Gasteiger partial charge in [-0.3, -0.25) is 4.79 Å². The number of rotatable bonds is 4. The predicted octanol–water partition coefficient (Wildman–Crippen LogP) is 3.46. The second-order valence-electron chi connectivity index (χ2n) is 4.59. The van der Waals surface area contributed by atoms with Gasteiger partial charge in [-0.15, -0.1) is 0 Å². The standard InChI is InChI=1S/C17H16FNO/c1-13-3-2-4-14(11-13)7-10-17(20)19-12-15-5-8-16(18)9-6-15/h2-11H,12H2,1H3,(H,19,20)/b10-7+. The number of carbonyl (C=O) groups is 1. The van der Waals surface area contributed by atoms with Gasteiger partial charge in [0.25, 0.3) is 0 Å². The van der Waals surface area contributed by atoms with Gasteiger partial charge in [-0.05, 0) is 36.3 Å². The molecule has 2 aromatic carbocycles. The van der Waals surface area contributed by atoms with Crippen LogP contribution >= 0.6 is 0 Å². The summed E-state index contributed by atoms with van der Waals surface area (Å²) < 4.78 is 12.7. The van der Waals surface area contributed by atoms with Crippen molar-refractivity contribution in [1.82, 2.24) is 5.32 Å². The third-order valence-corrected chi connectivity index (χ3v) is 2.85. The van der Waals surface area contributed by atoms with E-state index >= 15 is 0 Å². The maximum absolute atomic E-state index is 12.7. The summed E-state index contributed by atoms with van der Waals surface area (Å²) in [5.41, 5.74) is 3.00. The second kappa shape index (κ2) is 6.66. The lowest BCUT2D eigenvalue weighted by Crippen LogP contribution is -2.20. The molecule has 1 amide bonds. The van der Waals surface area contributed by atoms with E-state index in [-0.39, 0.29) is 11.7 Å². The van der Waals surface area contributed by atoms with Crippen molar-refractivity contribution in [2.45, 2.75) is 13.5 Å². The molecule has 0 aliphatic heterocycles. The molecule has 0 aromatic heterocycles. The molecule has 1 N–H and O–H groups in total. The van der Waals surface area contributed by atoms with Crippen molar-refractivity contribution in [2.24, 2.45) is 0 Å². The average Bonchev–Trinajstić information content (AvgIpc) is 2.45. The molecular formula is C17H16FNO. The molecule has 3 heteroatoms. The molecule has 2 rings (SSSR count). The van der Waals surface area contributed by atoms with Crippen LogP contribution in [0.1, 0.15) is 16.7 Å². The van der Waals surface area contributed by atoms with Gasteiger partial charge in [0, 0.05) is 12.6 Å². The Morgan fingerprint density at radius 2 is 1.95 bits per heavy atom. The molecule has 0 saturated carbocycles. The lowest BCUT2D eigenvalue weighted by molar-refractivity contribution is -0.116. The molecule has 2 aromatic rings. The van der Waals surface area contributed by atoms with Gasteiger partial charge in [-0.2, -0.15) is 0 Å². The molecule has 0 radical (unpaired) electrons. The highest BCUT2D eigenvalue weighted by Gasteiger charge is 1.97. The minimum absolute atomic E-state index is 0.171. The van der Waals surface area contributed by atoms with Crippen LogP contribution in [0.2, 0.25) is 0 Å². The molecule has 102 valence electrons. The molecule has 2 nitrogen and oxygen atoms in total. The number of hydrogen-bond acceptors (Lipinski definition) is 1. The first kappa shape index (κ1) is 14.0. The Morgan fingerprint density at radius 1 is 1.20 bits per heavy atom. The number of hydrogen-bond donors (Lipinski definition) is 1. The first-order valence-electron chi connectivity index (χ1n) is 6.40. The van der Waals surface area contributed by atoms with Crippen LogP contribution in [-0.4, -0.2) is 5.91 Å². The average molecular weight is 269 g/mol. The van der Waals surface area contributed by atoms with E-state index in [4.69, 9.17) is 0 Å². The van der Waals surface area contributed by atoms with Crippen molar-refractivity contribution in [3.05, 3.63) is 77.1 Å². The molecule has 0 spiro atoms. The van der Waals surface area contributed by atoms with Crippen molar-refractivity contribution in [1.29, 1.82) is 0 Å². The van der Waals surface area contributed by atoms with E-state index < -0.39 is 0 Å². The fraction of sp³-hybridized carbons (Fsp3) is 0.118. The molecule has 0 aliphatic rings. The molecular weight excluding hydrogens is 253 g/mol. The summed E-state index contributed by atoms with van der Waals surface area (Å²) in [5.74, 6) is -0.449. The fourth-order valence-corrected chi connectivity index (χ4v) is 1.80. The van der Waals surface area contributed by atoms with Crippen LogP contribution in [-0.2, 0) is 11.3 Å². The maximum atomic E-state index is 12.7. The normalized spacial score (nSPS) is 10.7. The third kappa shape index (κ3) is 4.35. The van der Waals surface area contributed by atoms with Crippen LogP contribution < -0.4 is 5.32 Å². The van der Waals surface area contributed by atoms with Crippen LogP contribution in [0.15, 0.2) is 54.6 Å². The molecule has 0 aliphatic carbocycles. The van der Waals surface area contributed by atoms with Gasteiger partial charge in [0.05, 0.1) is 0 Å². The maximum Gasteiger partial charge on any atom is 0.244 e. The Hall–Kier alpha value is -2.42. The largest absolute Gasteiger partial charge is 0.348 e. The first-order valence-corrected chi connectivity index (χ1v) is 6.40. The Morgan fingerprint density at radius 3 is 2.65 bits per heavy atom. The van der Waals surface area contributed by atoms with Crippen LogP contribution in [0.4, 0.5) is 4.39 Å². The summed E-state index contributed by atoms with van der Waals surface area (Å²) in [6.45, 7) is 2.39. The molecule has 0 heterocycles. The Bertz CT molecular complexity index is 617. The molecule has 0 saturated heterocycles. The Labute approximate surface area is 118 Å². The summed E-state index contributed by atoms with van der Waals surface area (Å²) >= 11 is 0. The van der Waals surface area contributed by atoms with E-state index in [2.05, 4.69) is 5.32 Å². The monoisotopic (exact) mass is 269 g/mol. The van der Waals surface area contributed by atoms with E-state index in [0.717, 1.165) is 16.7 Å². The van der Waals surface area contributed by atoms with Crippen molar-refractivity contribution in [3.63, 3.8) is 0 Å². The topological polar surface area (TPSA) is 29.1 Å². The third-order valence-electron chi connectivity index (χ3n) is 2.85.